The molecule has 9 nitrogen and oxygen atoms in total. The molecule has 35 heavy (non-hydrogen) atoms. The van der Waals surface area contributed by atoms with Crippen molar-refractivity contribution in [1.29, 1.82) is 0 Å². The molecule has 1 aliphatic heterocycles. The highest BCUT2D eigenvalue weighted by Crippen LogP contribution is 2.36. The predicted molar refractivity (Wildman–Crippen MR) is 140 cm³/mol. The van der Waals surface area contributed by atoms with Crippen LogP contribution in [0.1, 0.15) is 32.2 Å². The van der Waals surface area contributed by atoms with Crippen molar-refractivity contribution in [2.75, 3.05) is 43.4 Å². The van der Waals surface area contributed by atoms with Gasteiger partial charge in [-0.05, 0) is 32.2 Å². The van der Waals surface area contributed by atoms with Gasteiger partial charge in [-0.1, -0.05) is 32.4 Å². The first-order valence-corrected chi connectivity index (χ1v) is 12.1. The number of nitrogens with one attached hydrogen (secondary N) is 3. The van der Waals surface area contributed by atoms with Crippen LogP contribution < -0.4 is 15.0 Å². The van der Waals surface area contributed by atoms with Gasteiger partial charge in [-0.15, -0.1) is 0 Å². The highest BCUT2D eigenvalue weighted by molar-refractivity contribution is 6.37. The molecule has 0 spiro atoms. The van der Waals surface area contributed by atoms with E-state index in [0.29, 0.717) is 28.4 Å². The van der Waals surface area contributed by atoms with Crippen LogP contribution in [-0.2, 0) is 5.41 Å². The van der Waals surface area contributed by atoms with Gasteiger partial charge in [0.2, 0.25) is 11.8 Å². The minimum Gasteiger partial charge on any atom is -0.437 e. The number of aryl methyl sites for hydroxylation is 1. The van der Waals surface area contributed by atoms with Crippen LogP contribution in [0.3, 0.4) is 0 Å². The number of aromatic nitrogens is 5. The van der Waals surface area contributed by atoms with Gasteiger partial charge in [-0.25, -0.2) is 0 Å². The SMILES string of the molecule is Cc1cc2c(Cl)c(Oc3cc(N4CCN(C)CC4)nc(Nc4cc(C(C)(C)C)[nH]n4)n3)ccc2[nH]1. The van der Waals surface area contributed by atoms with E-state index in [4.69, 9.17) is 21.3 Å². The van der Waals surface area contributed by atoms with Crippen molar-refractivity contribution in [3.05, 3.63) is 46.7 Å². The molecular weight excluding hydrogens is 464 g/mol. The number of piperazine rings is 1. The van der Waals surface area contributed by atoms with Crippen LogP contribution in [-0.4, -0.2) is 63.3 Å². The Morgan fingerprint density at radius 3 is 2.54 bits per heavy atom. The lowest BCUT2D eigenvalue weighted by Gasteiger charge is -2.33. The lowest BCUT2D eigenvalue weighted by atomic mass is 9.92. The molecule has 0 amide bonds. The van der Waals surface area contributed by atoms with Crippen molar-refractivity contribution in [3.8, 4) is 11.6 Å². The standard InChI is InChI=1S/C25H31ClN8O/c1-15-12-16-17(27-15)6-7-18(23(16)26)35-22-14-21(34-10-8-33(5)9-11-34)29-24(30-22)28-20-13-19(31-32-20)25(2,3)4/h6-7,12-14,27H,8-11H2,1-5H3,(H2,28,29,30,31,32). The molecule has 0 aliphatic carbocycles. The molecule has 0 atom stereocenters. The molecule has 3 aromatic heterocycles. The van der Waals surface area contributed by atoms with Gasteiger partial charge in [-0.2, -0.15) is 15.1 Å². The second kappa shape index (κ2) is 9.05. The van der Waals surface area contributed by atoms with Crippen LogP contribution in [0.25, 0.3) is 10.9 Å². The summed E-state index contributed by atoms with van der Waals surface area (Å²) in [5, 5.41) is 12.2. The number of H-pyrrole nitrogens is 2. The van der Waals surface area contributed by atoms with Crippen molar-refractivity contribution in [3.63, 3.8) is 0 Å². The number of rotatable bonds is 5. The molecule has 5 rings (SSSR count). The number of aromatic amines is 2. The van der Waals surface area contributed by atoms with Crippen LogP contribution in [0, 0.1) is 6.92 Å². The van der Waals surface area contributed by atoms with E-state index < -0.39 is 0 Å². The van der Waals surface area contributed by atoms with E-state index in [2.05, 4.69) is 63.1 Å². The van der Waals surface area contributed by atoms with Crippen molar-refractivity contribution in [1.82, 2.24) is 30.0 Å². The van der Waals surface area contributed by atoms with E-state index in [0.717, 1.165) is 54.3 Å². The maximum Gasteiger partial charge on any atom is 0.233 e. The van der Waals surface area contributed by atoms with E-state index in [1.54, 1.807) is 0 Å². The molecule has 184 valence electrons. The van der Waals surface area contributed by atoms with Crippen LogP contribution in [0.15, 0.2) is 30.3 Å². The van der Waals surface area contributed by atoms with Crippen LogP contribution >= 0.6 is 11.6 Å². The number of nitrogens with zero attached hydrogens (tertiary/aromatic N) is 5. The molecule has 1 aliphatic rings. The van der Waals surface area contributed by atoms with Crippen molar-refractivity contribution in [2.45, 2.75) is 33.1 Å². The van der Waals surface area contributed by atoms with Crippen molar-refractivity contribution in [2.24, 2.45) is 0 Å². The van der Waals surface area contributed by atoms with Gasteiger partial charge in [0.25, 0.3) is 0 Å². The molecule has 0 saturated carbocycles. The summed E-state index contributed by atoms with van der Waals surface area (Å²) in [5.41, 5.74) is 2.98. The Kier molecular flexibility index (Phi) is 6.06. The Bertz CT molecular complexity index is 1350. The van der Waals surface area contributed by atoms with Crippen LogP contribution in [0.4, 0.5) is 17.6 Å². The number of hydrogen-bond donors (Lipinski definition) is 3. The normalized spacial score (nSPS) is 15.1. The molecule has 10 heteroatoms. The Labute approximate surface area is 209 Å². The fourth-order valence-electron chi connectivity index (χ4n) is 4.08. The summed E-state index contributed by atoms with van der Waals surface area (Å²) in [5.74, 6) is 2.82. The minimum atomic E-state index is -0.0459. The predicted octanol–water partition coefficient (Wildman–Crippen LogP) is 5.23. The molecular formula is C25H31ClN8O. The number of anilines is 3. The van der Waals surface area contributed by atoms with Gasteiger partial charge >= 0.3 is 0 Å². The number of fused-ring (bicyclic) bond motifs is 1. The maximum atomic E-state index is 6.69. The zero-order chi connectivity index (χ0) is 24.7. The largest absolute Gasteiger partial charge is 0.437 e. The van der Waals surface area contributed by atoms with Crippen molar-refractivity contribution >= 4 is 40.1 Å². The van der Waals surface area contributed by atoms with E-state index in [1.165, 1.54) is 0 Å². The first-order valence-electron chi connectivity index (χ1n) is 11.8. The summed E-state index contributed by atoms with van der Waals surface area (Å²) in [6.07, 6.45) is 0. The molecule has 0 bridgehead atoms. The van der Waals surface area contributed by atoms with Gasteiger partial charge in [0, 0.05) is 66.0 Å². The third-order valence-corrected chi connectivity index (χ3v) is 6.58. The van der Waals surface area contributed by atoms with Gasteiger partial charge in [-0.3, -0.25) is 5.10 Å². The molecule has 1 aromatic carbocycles. The average Bonchev–Trinajstić information content (AvgIpc) is 3.43. The first kappa shape index (κ1) is 23.4. The second-order valence-electron chi connectivity index (χ2n) is 10.1. The number of halogens is 1. The molecule has 4 aromatic rings. The molecule has 1 fully saturated rings. The fourth-order valence-corrected chi connectivity index (χ4v) is 4.34. The van der Waals surface area contributed by atoms with Crippen molar-refractivity contribution < 1.29 is 4.74 Å². The van der Waals surface area contributed by atoms with Gasteiger partial charge in [0.05, 0.1) is 5.02 Å². The molecule has 0 radical (unpaired) electrons. The number of likely N-dealkylation sites (N-methyl/N-ethyl adjacent to an activating group) is 1. The summed E-state index contributed by atoms with van der Waals surface area (Å²) >= 11 is 6.69. The summed E-state index contributed by atoms with van der Waals surface area (Å²) in [7, 11) is 2.13. The minimum absolute atomic E-state index is 0.0459. The monoisotopic (exact) mass is 494 g/mol. The molecule has 4 heterocycles. The fraction of sp³-hybridized carbons (Fsp3) is 0.400. The third kappa shape index (κ3) is 5.06. The Morgan fingerprint density at radius 2 is 1.83 bits per heavy atom. The third-order valence-electron chi connectivity index (χ3n) is 6.19. The molecule has 1 saturated heterocycles. The van der Waals surface area contributed by atoms with E-state index in [1.807, 2.05) is 37.3 Å². The molecule has 3 N–H and O–H groups in total. The smallest absolute Gasteiger partial charge is 0.233 e. The summed E-state index contributed by atoms with van der Waals surface area (Å²) in [4.78, 5) is 17.3. The number of benzene rings is 1. The zero-order valence-corrected chi connectivity index (χ0v) is 21.5. The summed E-state index contributed by atoms with van der Waals surface area (Å²) in [6.45, 7) is 12.1. The topological polar surface area (TPSA) is 98.0 Å². The summed E-state index contributed by atoms with van der Waals surface area (Å²) in [6, 6.07) is 9.67. The van der Waals surface area contributed by atoms with Gasteiger partial charge in [0.1, 0.15) is 11.6 Å². The lowest BCUT2D eigenvalue weighted by molar-refractivity contribution is 0.312. The average molecular weight is 495 g/mol. The van der Waals surface area contributed by atoms with Crippen LogP contribution in [0.5, 0.6) is 11.6 Å². The summed E-state index contributed by atoms with van der Waals surface area (Å²) < 4.78 is 6.21. The zero-order valence-electron chi connectivity index (χ0n) is 20.7. The Morgan fingerprint density at radius 1 is 1.06 bits per heavy atom. The van der Waals surface area contributed by atoms with Gasteiger partial charge < -0.3 is 24.8 Å². The van der Waals surface area contributed by atoms with E-state index in [-0.39, 0.29) is 5.41 Å². The van der Waals surface area contributed by atoms with E-state index >= 15 is 0 Å². The highest BCUT2D eigenvalue weighted by atomic mass is 35.5. The Hall–Kier alpha value is -3.30. The lowest BCUT2D eigenvalue weighted by Crippen LogP contribution is -2.44. The van der Waals surface area contributed by atoms with Crippen LogP contribution in [0.2, 0.25) is 5.02 Å². The van der Waals surface area contributed by atoms with E-state index in [9.17, 15) is 0 Å². The quantitative estimate of drug-likeness (QED) is 0.349. The second-order valence-corrected chi connectivity index (χ2v) is 10.5. The Balaban J connectivity index is 1.48. The van der Waals surface area contributed by atoms with Gasteiger partial charge in [0.15, 0.2) is 5.82 Å². The number of ether oxygens (including phenoxy) is 1. The first-order chi connectivity index (χ1) is 16.7. The maximum absolute atomic E-state index is 6.69. The highest BCUT2D eigenvalue weighted by Gasteiger charge is 2.20. The molecule has 0 unspecified atom stereocenters. The number of hydrogen-bond acceptors (Lipinski definition) is 7.